The second-order valence-electron chi connectivity index (χ2n) is 2.79. The number of aliphatic hydroxyl groups is 1. The Labute approximate surface area is 64.5 Å². The highest BCUT2D eigenvalue weighted by Crippen LogP contribution is 2.27. The van der Waals surface area contributed by atoms with Crippen molar-refractivity contribution < 1.29 is 5.11 Å². The van der Waals surface area contributed by atoms with E-state index in [1.807, 2.05) is 20.8 Å². The van der Waals surface area contributed by atoms with E-state index in [1.165, 1.54) is 25.7 Å². The fourth-order valence-corrected chi connectivity index (χ4v) is 1.44. The largest absolute Gasteiger partial charge is 0.393 e. The lowest BCUT2D eigenvalue weighted by atomic mass is 10.0. The van der Waals surface area contributed by atoms with Gasteiger partial charge in [0, 0.05) is 0 Å². The highest BCUT2D eigenvalue weighted by atomic mass is 16.3. The van der Waals surface area contributed by atoms with E-state index in [0.29, 0.717) is 5.92 Å². The molecule has 0 aromatic rings. The van der Waals surface area contributed by atoms with E-state index in [9.17, 15) is 0 Å². The smallest absolute Gasteiger partial charge is 0.0540 e. The summed E-state index contributed by atoms with van der Waals surface area (Å²) in [4.78, 5) is 0. The third kappa shape index (κ3) is 3.21. The molecular formula is C9H20O. The number of hydrogen-bond donors (Lipinski definition) is 1. The zero-order valence-electron chi connectivity index (χ0n) is 7.43. The van der Waals surface area contributed by atoms with Crippen molar-refractivity contribution >= 4 is 0 Å². The van der Waals surface area contributed by atoms with Crippen LogP contribution in [0.3, 0.4) is 0 Å². The van der Waals surface area contributed by atoms with Gasteiger partial charge in [-0.25, -0.2) is 0 Å². The summed E-state index contributed by atoms with van der Waals surface area (Å²) >= 11 is 0. The van der Waals surface area contributed by atoms with Gasteiger partial charge >= 0.3 is 0 Å². The van der Waals surface area contributed by atoms with Crippen molar-refractivity contribution in [2.75, 3.05) is 0 Å². The van der Waals surface area contributed by atoms with Gasteiger partial charge in [-0.2, -0.15) is 0 Å². The minimum Gasteiger partial charge on any atom is -0.393 e. The third-order valence-corrected chi connectivity index (χ3v) is 2.08. The molecule has 1 heteroatoms. The predicted molar refractivity (Wildman–Crippen MR) is 45.0 cm³/mol. The van der Waals surface area contributed by atoms with Crippen LogP contribution in [0.25, 0.3) is 0 Å². The highest BCUT2D eigenvalue weighted by Gasteiger charge is 2.18. The van der Waals surface area contributed by atoms with E-state index in [-0.39, 0.29) is 6.10 Å². The van der Waals surface area contributed by atoms with Crippen molar-refractivity contribution in [2.45, 2.75) is 52.6 Å². The van der Waals surface area contributed by atoms with Crippen LogP contribution >= 0.6 is 0 Å². The molecule has 1 fully saturated rings. The molecule has 0 aromatic carbocycles. The molecule has 1 nitrogen and oxygen atoms in total. The molecule has 10 heavy (non-hydrogen) atoms. The molecule has 1 saturated carbocycles. The third-order valence-electron chi connectivity index (χ3n) is 2.08. The monoisotopic (exact) mass is 144 g/mol. The van der Waals surface area contributed by atoms with Crippen molar-refractivity contribution in [2.24, 2.45) is 5.92 Å². The number of hydrogen-bond acceptors (Lipinski definition) is 1. The molecule has 0 unspecified atom stereocenters. The molecule has 1 aliphatic rings. The van der Waals surface area contributed by atoms with Gasteiger partial charge in [0.25, 0.3) is 0 Å². The van der Waals surface area contributed by atoms with Crippen molar-refractivity contribution in [3.63, 3.8) is 0 Å². The van der Waals surface area contributed by atoms with E-state index in [0.717, 1.165) is 0 Å². The van der Waals surface area contributed by atoms with E-state index >= 15 is 0 Å². The normalized spacial score (nSPS) is 21.6. The maximum Gasteiger partial charge on any atom is 0.0540 e. The van der Waals surface area contributed by atoms with E-state index in [1.54, 1.807) is 0 Å². The van der Waals surface area contributed by atoms with Gasteiger partial charge in [-0.05, 0) is 25.7 Å². The van der Waals surface area contributed by atoms with Crippen LogP contribution in [-0.2, 0) is 0 Å². The molecule has 1 N–H and O–H groups in total. The van der Waals surface area contributed by atoms with Crippen LogP contribution in [0.5, 0.6) is 0 Å². The van der Waals surface area contributed by atoms with Gasteiger partial charge in [0.05, 0.1) is 6.10 Å². The first kappa shape index (κ1) is 9.96. The van der Waals surface area contributed by atoms with Gasteiger partial charge in [-0.3, -0.25) is 0 Å². The zero-order chi connectivity index (χ0) is 7.98. The van der Waals surface area contributed by atoms with Crippen LogP contribution in [0.4, 0.5) is 0 Å². The quantitative estimate of drug-likeness (QED) is 0.599. The molecule has 62 valence electrons. The van der Waals surface area contributed by atoms with Crippen LogP contribution in [0, 0.1) is 5.92 Å². The lowest BCUT2D eigenvalue weighted by Crippen LogP contribution is -2.11. The Morgan fingerprint density at radius 1 is 1.20 bits per heavy atom. The Hall–Kier alpha value is -0.0400. The van der Waals surface area contributed by atoms with E-state index in [4.69, 9.17) is 5.11 Å². The minimum atomic E-state index is -0.0579. The molecule has 0 spiro atoms. The fraction of sp³-hybridized carbons (Fsp3) is 1.00. The summed E-state index contributed by atoms with van der Waals surface area (Å²) in [6, 6.07) is 0. The van der Waals surface area contributed by atoms with Crippen molar-refractivity contribution in [1.82, 2.24) is 0 Å². The second-order valence-corrected chi connectivity index (χ2v) is 2.79. The first-order valence-electron chi connectivity index (χ1n) is 4.49. The van der Waals surface area contributed by atoms with Crippen LogP contribution < -0.4 is 0 Å². The fourth-order valence-electron chi connectivity index (χ4n) is 1.44. The molecule has 0 bridgehead atoms. The maximum absolute atomic E-state index is 9.05. The summed E-state index contributed by atoms with van der Waals surface area (Å²) in [5.74, 6) is 0.620. The molecule has 0 saturated heterocycles. The maximum atomic E-state index is 9.05. The first-order chi connectivity index (χ1) is 4.80. The van der Waals surface area contributed by atoms with Gasteiger partial charge in [0.15, 0.2) is 0 Å². The Morgan fingerprint density at radius 2 is 1.60 bits per heavy atom. The van der Waals surface area contributed by atoms with E-state index < -0.39 is 0 Å². The highest BCUT2D eigenvalue weighted by molar-refractivity contribution is 4.70. The van der Waals surface area contributed by atoms with Gasteiger partial charge < -0.3 is 5.11 Å². The standard InChI is InChI=1S/C7H14O.C2H6/c1-6(8)7-4-2-3-5-7;1-2/h6-8H,2-5H2,1H3;1-2H3/t6-;/m0./s1. The Bertz CT molecular complexity index is 63.1. The van der Waals surface area contributed by atoms with E-state index in [2.05, 4.69) is 0 Å². The van der Waals surface area contributed by atoms with Crippen molar-refractivity contribution in [3.05, 3.63) is 0 Å². The molecule has 0 aromatic heterocycles. The molecule has 1 atom stereocenters. The molecular weight excluding hydrogens is 124 g/mol. The minimum absolute atomic E-state index is 0.0579. The lowest BCUT2D eigenvalue weighted by Gasteiger charge is -2.10. The molecule has 0 heterocycles. The van der Waals surface area contributed by atoms with Crippen molar-refractivity contribution in [1.29, 1.82) is 0 Å². The number of rotatable bonds is 1. The number of aliphatic hydroxyl groups excluding tert-OH is 1. The Kier molecular flexibility index (Phi) is 5.70. The molecule has 0 aliphatic heterocycles. The predicted octanol–water partition coefficient (Wildman–Crippen LogP) is 2.58. The van der Waals surface area contributed by atoms with Gasteiger partial charge in [-0.1, -0.05) is 26.7 Å². The van der Waals surface area contributed by atoms with Crippen LogP contribution in [-0.4, -0.2) is 11.2 Å². The molecule has 0 radical (unpaired) electrons. The summed E-state index contributed by atoms with van der Waals surface area (Å²) < 4.78 is 0. The summed E-state index contributed by atoms with van der Waals surface area (Å²) in [5.41, 5.74) is 0. The molecule has 0 amide bonds. The molecule has 1 aliphatic carbocycles. The van der Waals surface area contributed by atoms with Crippen LogP contribution in [0.15, 0.2) is 0 Å². The summed E-state index contributed by atoms with van der Waals surface area (Å²) in [7, 11) is 0. The average Bonchev–Trinajstić information content (AvgIpc) is 2.42. The topological polar surface area (TPSA) is 20.2 Å². The Balaban J connectivity index is 0.000000371. The lowest BCUT2D eigenvalue weighted by molar-refractivity contribution is 0.129. The summed E-state index contributed by atoms with van der Waals surface area (Å²) in [5, 5.41) is 9.05. The Morgan fingerprint density at radius 3 is 1.80 bits per heavy atom. The van der Waals surface area contributed by atoms with Gasteiger partial charge in [-0.15, -0.1) is 0 Å². The first-order valence-corrected chi connectivity index (χ1v) is 4.49. The van der Waals surface area contributed by atoms with Gasteiger partial charge in [0.2, 0.25) is 0 Å². The van der Waals surface area contributed by atoms with Crippen molar-refractivity contribution in [3.8, 4) is 0 Å². The second kappa shape index (κ2) is 5.72. The zero-order valence-corrected chi connectivity index (χ0v) is 7.43. The summed E-state index contributed by atoms with van der Waals surface area (Å²) in [6.45, 7) is 5.90. The average molecular weight is 144 g/mol. The van der Waals surface area contributed by atoms with Crippen LogP contribution in [0.1, 0.15) is 46.5 Å². The van der Waals surface area contributed by atoms with Crippen LogP contribution in [0.2, 0.25) is 0 Å². The molecule has 1 rings (SSSR count). The SMILES string of the molecule is CC.C[C@H](O)C1CCCC1. The summed E-state index contributed by atoms with van der Waals surface area (Å²) in [6.07, 6.45) is 5.10. The van der Waals surface area contributed by atoms with Gasteiger partial charge in [0.1, 0.15) is 0 Å².